The Morgan fingerprint density at radius 2 is 1.77 bits per heavy atom. The third-order valence-electron chi connectivity index (χ3n) is 5.45. The Morgan fingerprint density at radius 3 is 2.42 bits per heavy atom. The van der Waals surface area contributed by atoms with Gasteiger partial charge in [-0.3, -0.25) is 14.5 Å². The zero-order valence-corrected chi connectivity index (χ0v) is 17.8. The fourth-order valence-electron chi connectivity index (χ4n) is 4.01. The summed E-state index contributed by atoms with van der Waals surface area (Å²) in [6, 6.07) is 15.0. The van der Waals surface area contributed by atoms with E-state index in [2.05, 4.69) is 0 Å². The molecule has 1 amide bonds. The Labute approximate surface area is 180 Å². The van der Waals surface area contributed by atoms with Crippen molar-refractivity contribution in [3.63, 3.8) is 0 Å². The van der Waals surface area contributed by atoms with Crippen LogP contribution in [0.4, 0.5) is 5.69 Å². The van der Waals surface area contributed by atoms with Crippen LogP contribution >= 0.6 is 0 Å². The van der Waals surface area contributed by atoms with E-state index in [9.17, 15) is 14.7 Å². The Kier molecular flexibility index (Phi) is 5.15. The van der Waals surface area contributed by atoms with Crippen LogP contribution < -0.4 is 9.64 Å². The summed E-state index contributed by atoms with van der Waals surface area (Å²) in [5.41, 5.74) is 2.76. The number of aliphatic hydroxyl groups excluding tert-OH is 1. The quantitative estimate of drug-likeness (QED) is 0.373. The number of hydrogen-bond acceptors (Lipinski definition) is 5. The molecule has 1 fully saturated rings. The van der Waals surface area contributed by atoms with E-state index in [4.69, 9.17) is 9.15 Å². The number of hydrogen-bond donors (Lipinski definition) is 1. The molecule has 4 rings (SSSR count). The van der Waals surface area contributed by atoms with Gasteiger partial charge in [-0.05, 0) is 56.7 Å². The highest BCUT2D eigenvalue weighted by atomic mass is 16.5. The average Bonchev–Trinajstić information content (AvgIpc) is 3.29. The van der Waals surface area contributed by atoms with Gasteiger partial charge >= 0.3 is 0 Å². The molecule has 0 saturated carbocycles. The van der Waals surface area contributed by atoms with E-state index in [1.54, 1.807) is 43.3 Å². The highest BCUT2D eigenvalue weighted by Gasteiger charge is 2.49. The molecule has 6 heteroatoms. The highest BCUT2D eigenvalue weighted by molar-refractivity contribution is 6.51. The molecule has 1 saturated heterocycles. The van der Waals surface area contributed by atoms with Crippen molar-refractivity contribution in [2.45, 2.75) is 26.8 Å². The van der Waals surface area contributed by atoms with Crippen LogP contribution in [0.2, 0.25) is 0 Å². The normalized spacial score (nSPS) is 17.9. The Morgan fingerprint density at radius 1 is 1.03 bits per heavy atom. The zero-order valence-electron chi connectivity index (χ0n) is 17.8. The zero-order chi connectivity index (χ0) is 22.3. The molecule has 2 heterocycles. The maximum Gasteiger partial charge on any atom is 0.300 e. The second-order valence-electron chi connectivity index (χ2n) is 7.61. The van der Waals surface area contributed by atoms with E-state index in [1.807, 2.05) is 32.0 Å². The van der Waals surface area contributed by atoms with Crippen molar-refractivity contribution in [1.29, 1.82) is 0 Å². The fraction of sp³-hybridized carbons (Fsp3) is 0.200. The van der Waals surface area contributed by atoms with Crippen molar-refractivity contribution in [3.05, 3.63) is 88.4 Å². The van der Waals surface area contributed by atoms with Gasteiger partial charge in [0.25, 0.3) is 11.7 Å². The van der Waals surface area contributed by atoms with E-state index >= 15 is 0 Å². The number of methoxy groups -OCH3 is 1. The summed E-state index contributed by atoms with van der Waals surface area (Å²) in [7, 11) is 1.48. The van der Waals surface area contributed by atoms with Crippen LogP contribution in [0.5, 0.6) is 5.75 Å². The Balaban J connectivity index is 1.98. The summed E-state index contributed by atoms with van der Waals surface area (Å²) in [4.78, 5) is 27.8. The van der Waals surface area contributed by atoms with Crippen molar-refractivity contribution in [2.24, 2.45) is 0 Å². The average molecular weight is 417 g/mol. The summed E-state index contributed by atoms with van der Waals surface area (Å²) >= 11 is 0. The SMILES string of the molecule is COc1ccccc1/C(O)=C1/C(=O)C(=O)N(c2ccc(C)cc2C)C1c1ccc(C)o1. The molecular formula is C25H23NO5. The number of aryl methyl sites for hydroxylation is 3. The number of rotatable bonds is 4. The summed E-state index contributed by atoms with van der Waals surface area (Å²) in [5, 5.41) is 11.2. The van der Waals surface area contributed by atoms with Crippen molar-refractivity contribution < 1.29 is 23.8 Å². The van der Waals surface area contributed by atoms with Gasteiger partial charge in [-0.15, -0.1) is 0 Å². The van der Waals surface area contributed by atoms with Gasteiger partial charge in [0.15, 0.2) is 0 Å². The minimum absolute atomic E-state index is 0.0381. The third-order valence-corrected chi connectivity index (χ3v) is 5.45. The van der Waals surface area contributed by atoms with Crippen LogP contribution in [0.25, 0.3) is 5.76 Å². The molecule has 1 N–H and O–H groups in total. The summed E-state index contributed by atoms with van der Waals surface area (Å²) < 4.78 is 11.2. The van der Waals surface area contributed by atoms with Crippen molar-refractivity contribution >= 4 is 23.1 Å². The molecular weight excluding hydrogens is 394 g/mol. The lowest BCUT2D eigenvalue weighted by Crippen LogP contribution is -2.30. The Bertz CT molecular complexity index is 1220. The minimum Gasteiger partial charge on any atom is -0.507 e. The number of carbonyl (C=O) groups is 2. The number of aliphatic hydroxyl groups is 1. The van der Waals surface area contributed by atoms with Crippen LogP contribution in [0.15, 0.2) is 64.6 Å². The van der Waals surface area contributed by atoms with Gasteiger partial charge in [0.1, 0.15) is 29.1 Å². The predicted octanol–water partition coefficient (Wildman–Crippen LogP) is 4.84. The van der Waals surface area contributed by atoms with Gasteiger partial charge in [0.2, 0.25) is 0 Å². The molecule has 1 aliphatic rings. The molecule has 158 valence electrons. The van der Waals surface area contributed by atoms with Crippen LogP contribution in [0.3, 0.4) is 0 Å². The first kappa shape index (κ1) is 20.5. The summed E-state index contributed by atoms with van der Waals surface area (Å²) in [5.74, 6) is -0.370. The lowest BCUT2D eigenvalue weighted by molar-refractivity contribution is -0.132. The van der Waals surface area contributed by atoms with Crippen LogP contribution in [0, 0.1) is 20.8 Å². The van der Waals surface area contributed by atoms with E-state index in [0.29, 0.717) is 28.5 Å². The summed E-state index contributed by atoms with van der Waals surface area (Å²) in [6.07, 6.45) is 0. The second kappa shape index (κ2) is 7.80. The van der Waals surface area contributed by atoms with E-state index in [-0.39, 0.29) is 11.3 Å². The lowest BCUT2D eigenvalue weighted by atomic mass is 9.98. The smallest absolute Gasteiger partial charge is 0.300 e. The van der Waals surface area contributed by atoms with Gasteiger partial charge in [0.05, 0.1) is 18.2 Å². The lowest BCUT2D eigenvalue weighted by Gasteiger charge is -2.25. The molecule has 3 aromatic rings. The number of furan rings is 1. The number of ketones is 1. The first-order valence-corrected chi connectivity index (χ1v) is 9.91. The first-order valence-electron chi connectivity index (χ1n) is 9.91. The molecule has 6 nitrogen and oxygen atoms in total. The molecule has 1 aromatic heterocycles. The minimum atomic E-state index is -0.903. The number of nitrogens with zero attached hydrogens (tertiary/aromatic N) is 1. The highest BCUT2D eigenvalue weighted by Crippen LogP contribution is 2.44. The maximum absolute atomic E-state index is 13.2. The maximum atomic E-state index is 13.2. The van der Waals surface area contributed by atoms with Gasteiger partial charge in [-0.1, -0.05) is 29.8 Å². The standard InChI is InChI=1S/C25H23NO5/c1-14-9-11-18(15(2)13-14)26-22(20-12-10-16(3)31-20)21(24(28)25(26)29)23(27)17-7-5-6-8-19(17)30-4/h5-13,22,27H,1-4H3/b23-21-. The largest absolute Gasteiger partial charge is 0.507 e. The number of anilines is 1. The molecule has 1 aliphatic heterocycles. The molecule has 1 atom stereocenters. The van der Waals surface area contributed by atoms with Crippen LogP contribution in [-0.2, 0) is 9.59 Å². The fourth-order valence-corrected chi connectivity index (χ4v) is 4.01. The molecule has 0 bridgehead atoms. The molecule has 0 spiro atoms. The number of ether oxygens (including phenoxy) is 1. The van der Waals surface area contributed by atoms with Crippen molar-refractivity contribution in [3.8, 4) is 5.75 Å². The second-order valence-corrected chi connectivity index (χ2v) is 7.61. The van der Waals surface area contributed by atoms with Gasteiger partial charge in [-0.25, -0.2) is 0 Å². The van der Waals surface area contributed by atoms with E-state index in [1.165, 1.54) is 12.0 Å². The number of para-hydroxylation sites is 1. The molecule has 0 radical (unpaired) electrons. The third kappa shape index (κ3) is 3.40. The Hall–Kier alpha value is -3.80. The van der Waals surface area contributed by atoms with Crippen LogP contribution in [-0.4, -0.2) is 23.9 Å². The number of benzene rings is 2. The van der Waals surface area contributed by atoms with Gasteiger partial charge < -0.3 is 14.3 Å². The van der Waals surface area contributed by atoms with Gasteiger partial charge in [0, 0.05) is 5.69 Å². The molecule has 2 aromatic carbocycles. The molecule has 31 heavy (non-hydrogen) atoms. The predicted molar refractivity (Wildman–Crippen MR) is 117 cm³/mol. The van der Waals surface area contributed by atoms with Crippen LogP contribution in [0.1, 0.15) is 34.3 Å². The van der Waals surface area contributed by atoms with Crippen molar-refractivity contribution in [2.75, 3.05) is 12.0 Å². The van der Waals surface area contributed by atoms with E-state index < -0.39 is 17.7 Å². The molecule has 0 aliphatic carbocycles. The number of Topliss-reactive ketones (excluding diaryl/α,β-unsaturated/α-hetero) is 1. The number of carbonyl (C=O) groups excluding carboxylic acids is 2. The summed E-state index contributed by atoms with van der Waals surface area (Å²) in [6.45, 7) is 5.62. The monoisotopic (exact) mass is 417 g/mol. The van der Waals surface area contributed by atoms with E-state index in [0.717, 1.165) is 11.1 Å². The first-order chi connectivity index (χ1) is 14.8. The topological polar surface area (TPSA) is 80.0 Å². The number of amides is 1. The molecule has 1 unspecified atom stereocenters. The van der Waals surface area contributed by atoms with Crippen molar-refractivity contribution in [1.82, 2.24) is 0 Å². The van der Waals surface area contributed by atoms with Gasteiger partial charge in [-0.2, -0.15) is 0 Å².